The van der Waals surface area contributed by atoms with Crippen LogP contribution >= 0.6 is 50.2 Å². The van der Waals surface area contributed by atoms with Gasteiger partial charge >= 0.3 is 0 Å². The molecule has 8 heteroatoms. The summed E-state index contributed by atoms with van der Waals surface area (Å²) in [7, 11) is 0. The molecule has 3 aromatic rings. The lowest BCUT2D eigenvalue weighted by molar-refractivity contribution is 0.0291. The number of hydrogen-bond acceptors (Lipinski definition) is 6. The maximum Gasteiger partial charge on any atom is 0.131 e. The minimum absolute atomic E-state index is 0.112. The van der Waals surface area contributed by atoms with Gasteiger partial charge in [-0.2, -0.15) is 0 Å². The van der Waals surface area contributed by atoms with Crippen LogP contribution in [0.3, 0.4) is 0 Å². The molecule has 1 fully saturated rings. The SMILES string of the molecule is C=C1CO[C@@H](c2sc3c(NCc4cccs4)cc(Cl)nc3c2Br)[C@H](N)C1. The number of rotatable bonds is 4. The number of fused-ring (bicyclic) bond motifs is 1. The molecular formula is C18H17BrClN3OS2. The second-order valence-corrected chi connectivity index (χ2v) is 9.50. The molecule has 136 valence electrons. The highest BCUT2D eigenvalue weighted by Crippen LogP contribution is 2.45. The van der Waals surface area contributed by atoms with Gasteiger partial charge in [0.25, 0.3) is 0 Å². The summed E-state index contributed by atoms with van der Waals surface area (Å²) in [6, 6.07) is 5.91. The van der Waals surface area contributed by atoms with Crippen LogP contribution in [0.1, 0.15) is 22.3 Å². The molecule has 0 radical (unpaired) electrons. The quantitative estimate of drug-likeness (QED) is 0.377. The van der Waals surface area contributed by atoms with Crippen molar-refractivity contribution in [2.45, 2.75) is 25.1 Å². The predicted octanol–water partition coefficient (Wildman–Crippen LogP) is 5.73. The maximum atomic E-state index is 6.32. The molecule has 1 saturated heterocycles. The van der Waals surface area contributed by atoms with Crippen molar-refractivity contribution in [1.82, 2.24) is 4.98 Å². The fourth-order valence-electron chi connectivity index (χ4n) is 3.04. The molecule has 0 amide bonds. The third-order valence-corrected chi connectivity index (χ3v) is 7.66. The van der Waals surface area contributed by atoms with Crippen molar-refractivity contribution in [3.63, 3.8) is 0 Å². The molecule has 26 heavy (non-hydrogen) atoms. The van der Waals surface area contributed by atoms with Crippen molar-refractivity contribution in [3.05, 3.63) is 55.1 Å². The lowest BCUT2D eigenvalue weighted by Crippen LogP contribution is -2.35. The molecule has 3 aromatic heterocycles. The number of nitrogens with one attached hydrogen (secondary N) is 1. The molecule has 0 aromatic carbocycles. The van der Waals surface area contributed by atoms with Crippen molar-refractivity contribution < 1.29 is 4.74 Å². The predicted molar refractivity (Wildman–Crippen MR) is 114 cm³/mol. The van der Waals surface area contributed by atoms with Crippen LogP contribution in [-0.2, 0) is 11.3 Å². The fourth-order valence-corrected chi connectivity index (χ4v) is 6.01. The van der Waals surface area contributed by atoms with Crippen molar-refractivity contribution in [2.24, 2.45) is 5.73 Å². The Kier molecular flexibility index (Phi) is 5.36. The Hall–Kier alpha value is -0.960. The number of hydrogen-bond donors (Lipinski definition) is 2. The van der Waals surface area contributed by atoms with Gasteiger partial charge in [-0.25, -0.2) is 4.98 Å². The topological polar surface area (TPSA) is 60.2 Å². The average molecular weight is 471 g/mol. The van der Waals surface area contributed by atoms with E-state index in [0.29, 0.717) is 11.8 Å². The molecule has 0 aliphatic carbocycles. The van der Waals surface area contributed by atoms with Gasteiger partial charge in [-0.3, -0.25) is 0 Å². The third kappa shape index (κ3) is 3.56. The molecule has 4 nitrogen and oxygen atoms in total. The number of thiophene rings is 2. The largest absolute Gasteiger partial charge is 0.379 e. The zero-order valence-corrected chi connectivity index (χ0v) is 17.8. The van der Waals surface area contributed by atoms with E-state index in [9.17, 15) is 0 Å². The van der Waals surface area contributed by atoms with Crippen molar-refractivity contribution in [2.75, 3.05) is 11.9 Å². The summed E-state index contributed by atoms with van der Waals surface area (Å²) < 4.78 is 7.92. The number of nitrogens with two attached hydrogens (primary N) is 1. The first-order chi connectivity index (χ1) is 12.5. The smallest absolute Gasteiger partial charge is 0.131 e. The second-order valence-electron chi connectivity index (χ2n) is 6.23. The van der Waals surface area contributed by atoms with Crippen LogP contribution in [0.2, 0.25) is 5.15 Å². The van der Waals surface area contributed by atoms with Gasteiger partial charge in [-0.05, 0) is 33.8 Å². The van der Waals surface area contributed by atoms with Gasteiger partial charge in [-0.1, -0.05) is 29.8 Å². The lowest BCUT2D eigenvalue weighted by Gasteiger charge is -2.29. The number of aromatic nitrogens is 1. The fraction of sp³-hybridized carbons (Fsp3) is 0.278. The van der Waals surface area contributed by atoms with Crippen LogP contribution in [0.5, 0.6) is 0 Å². The van der Waals surface area contributed by atoms with Gasteiger partial charge < -0.3 is 15.8 Å². The van der Waals surface area contributed by atoms with E-state index in [2.05, 4.69) is 44.3 Å². The Bertz CT molecular complexity index is 957. The van der Waals surface area contributed by atoms with Gasteiger partial charge in [0.2, 0.25) is 0 Å². The standard InChI is InChI=1S/C18H17BrClN3OS2/c1-9-5-11(21)16(24-8-9)18-14(19)15-17(26-18)12(6-13(20)23-15)22-7-10-3-2-4-25-10/h2-4,6,11,16H,1,5,7-8,21H2,(H,22,23)/t11-,16-/m1/s1. The molecule has 1 aliphatic rings. The summed E-state index contributed by atoms with van der Waals surface area (Å²) in [5.74, 6) is 0. The number of anilines is 1. The highest BCUT2D eigenvalue weighted by Gasteiger charge is 2.31. The highest BCUT2D eigenvalue weighted by molar-refractivity contribution is 9.10. The minimum Gasteiger partial charge on any atom is -0.379 e. The van der Waals surface area contributed by atoms with E-state index in [1.54, 1.807) is 22.7 Å². The first-order valence-corrected chi connectivity index (χ1v) is 11.0. The molecule has 0 saturated carbocycles. The summed E-state index contributed by atoms with van der Waals surface area (Å²) in [5.41, 5.74) is 9.17. The first-order valence-electron chi connectivity index (χ1n) is 8.11. The zero-order chi connectivity index (χ0) is 18.3. The van der Waals surface area contributed by atoms with E-state index in [1.807, 2.05) is 12.1 Å². The van der Waals surface area contributed by atoms with Crippen LogP contribution < -0.4 is 11.1 Å². The molecule has 1 aliphatic heterocycles. The van der Waals surface area contributed by atoms with E-state index in [1.165, 1.54) is 4.88 Å². The molecule has 0 unspecified atom stereocenters. The third-order valence-electron chi connectivity index (χ3n) is 4.25. The van der Waals surface area contributed by atoms with Crippen LogP contribution in [-0.4, -0.2) is 17.6 Å². The Morgan fingerprint density at radius 3 is 3.08 bits per heavy atom. The molecule has 4 heterocycles. The van der Waals surface area contributed by atoms with Gasteiger partial charge in [0.05, 0.1) is 31.9 Å². The van der Waals surface area contributed by atoms with Crippen molar-refractivity contribution >= 4 is 66.1 Å². The number of nitrogens with zero attached hydrogens (tertiary/aromatic N) is 1. The van der Waals surface area contributed by atoms with Gasteiger partial charge in [-0.15, -0.1) is 22.7 Å². The summed E-state index contributed by atoms with van der Waals surface area (Å²) in [5, 5.41) is 6.01. The van der Waals surface area contributed by atoms with Gasteiger partial charge in [0.15, 0.2) is 0 Å². The highest BCUT2D eigenvalue weighted by atomic mass is 79.9. The molecule has 2 atom stereocenters. The normalized spacial score (nSPS) is 20.7. The summed E-state index contributed by atoms with van der Waals surface area (Å²) in [4.78, 5) is 6.83. The van der Waals surface area contributed by atoms with E-state index < -0.39 is 0 Å². The summed E-state index contributed by atoms with van der Waals surface area (Å²) in [6.45, 7) is 5.27. The summed E-state index contributed by atoms with van der Waals surface area (Å²) in [6.07, 6.45) is 0.598. The Morgan fingerprint density at radius 2 is 2.35 bits per heavy atom. The van der Waals surface area contributed by atoms with Crippen LogP contribution in [0, 0.1) is 0 Å². The Labute approximate surface area is 173 Å². The van der Waals surface area contributed by atoms with Crippen LogP contribution in [0.25, 0.3) is 10.2 Å². The van der Waals surface area contributed by atoms with Gasteiger partial charge in [0, 0.05) is 23.5 Å². The average Bonchev–Trinajstić information content (AvgIpc) is 3.22. The lowest BCUT2D eigenvalue weighted by atomic mass is 9.99. The van der Waals surface area contributed by atoms with E-state index in [-0.39, 0.29) is 12.1 Å². The van der Waals surface area contributed by atoms with Crippen LogP contribution in [0.4, 0.5) is 5.69 Å². The molecular weight excluding hydrogens is 454 g/mol. The maximum absolute atomic E-state index is 6.32. The van der Waals surface area contributed by atoms with Crippen molar-refractivity contribution in [3.8, 4) is 0 Å². The summed E-state index contributed by atoms with van der Waals surface area (Å²) >= 11 is 13.3. The van der Waals surface area contributed by atoms with Crippen LogP contribution in [0.15, 0.2) is 40.2 Å². The Morgan fingerprint density at radius 1 is 1.50 bits per heavy atom. The Balaban J connectivity index is 1.71. The number of pyridine rings is 1. The number of halogens is 2. The first kappa shape index (κ1) is 18.4. The zero-order valence-electron chi connectivity index (χ0n) is 13.8. The molecule has 3 N–H and O–H groups in total. The van der Waals surface area contributed by atoms with Crippen molar-refractivity contribution in [1.29, 1.82) is 0 Å². The van der Waals surface area contributed by atoms with E-state index in [0.717, 1.165) is 43.8 Å². The second kappa shape index (κ2) is 7.58. The van der Waals surface area contributed by atoms with E-state index in [4.69, 9.17) is 22.1 Å². The minimum atomic E-state index is -0.169. The molecule has 4 rings (SSSR count). The van der Waals surface area contributed by atoms with Gasteiger partial charge in [0.1, 0.15) is 11.3 Å². The molecule has 0 spiro atoms. The van der Waals surface area contributed by atoms with E-state index >= 15 is 0 Å². The molecule has 0 bridgehead atoms. The monoisotopic (exact) mass is 469 g/mol. The number of ether oxygens (including phenoxy) is 1.